The Kier molecular flexibility index (Phi) is 6.30. The van der Waals surface area contributed by atoms with Crippen molar-refractivity contribution in [3.63, 3.8) is 0 Å². The molecule has 118 valence electrons. The summed E-state index contributed by atoms with van der Waals surface area (Å²) in [5.74, 6) is -1.11. The van der Waals surface area contributed by atoms with E-state index in [-0.39, 0.29) is 12.8 Å². The van der Waals surface area contributed by atoms with Gasteiger partial charge in [0.05, 0.1) is 12.1 Å². The average Bonchev–Trinajstić information content (AvgIpc) is 2.42. The van der Waals surface area contributed by atoms with Gasteiger partial charge in [-0.05, 0) is 38.7 Å². The van der Waals surface area contributed by atoms with Crippen LogP contribution >= 0.6 is 0 Å². The standard InChI is InChI=1S/C16H25FN2O2/c1-16(2,17)9-8-12(15(19)21)10-13(20)14(18)11-6-4-3-5-7-11/h3-7,12-14,20H,8-10,18H2,1-2H3,(H2,19,21)/t12-,13+,14?/m1/s1. The van der Waals surface area contributed by atoms with E-state index in [4.69, 9.17) is 11.5 Å². The van der Waals surface area contributed by atoms with E-state index in [0.717, 1.165) is 5.56 Å². The first-order valence-electron chi connectivity index (χ1n) is 7.17. The van der Waals surface area contributed by atoms with Gasteiger partial charge < -0.3 is 16.6 Å². The fourth-order valence-electron chi connectivity index (χ4n) is 2.23. The molecule has 4 nitrogen and oxygen atoms in total. The molecule has 5 N–H and O–H groups in total. The van der Waals surface area contributed by atoms with Crippen molar-refractivity contribution in [1.29, 1.82) is 0 Å². The van der Waals surface area contributed by atoms with Gasteiger partial charge in [0.1, 0.15) is 5.67 Å². The number of carbonyl (C=O) groups excluding carboxylic acids is 1. The number of carbonyl (C=O) groups is 1. The molecular formula is C16H25FN2O2. The molecule has 1 unspecified atom stereocenters. The van der Waals surface area contributed by atoms with Crippen molar-refractivity contribution in [1.82, 2.24) is 0 Å². The van der Waals surface area contributed by atoms with Crippen molar-refractivity contribution < 1.29 is 14.3 Å². The van der Waals surface area contributed by atoms with E-state index in [1.54, 1.807) is 0 Å². The second-order valence-electron chi connectivity index (χ2n) is 6.10. The van der Waals surface area contributed by atoms with Crippen molar-refractivity contribution in [2.24, 2.45) is 17.4 Å². The molecule has 1 aromatic rings. The lowest BCUT2D eigenvalue weighted by Crippen LogP contribution is -2.33. The number of amides is 1. The summed E-state index contributed by atoms with van der Waals surface area (Å²) in [4.78, 5) is 11.5. The first kappa shape index (κ1) is 17.6. The number of primary amides is 1. The predicted molar refractivity (Wildman–Crippen MR) is 81.1 cm³/mol. The number of rotatable bonds is 8. The Labute approximate surface area is 125 Å². The van der Waals surface area contributed by atoms with E-state index in [2.05, 4.69) is 0 Å². The van der Waals surface area contributed by atoms with Gasteiger partial charge in [-0.2, -0.15) is 0 Å². The van der Waals surface area contributed by atoms with Crippen LogP contribution in [0.4, 0.5) is 4.39 Å². The van der Waals surface area contributed by atoms with Crippen LogP contribution in [0.25, 0.3) is 0 Å². The summed E-state index contributed by atoms with van der Waals surface area (Å²) in [5, 5.41) is 10.2. The van der Waals surface area contributed by atoms with Crippen LogP contribution in [0.2, 0.25) is 0 Å². The Hall–Kier alpha value is -1.46. The van der Waals surface area contributed by atoms with E-state index >= 15 is 0 Å². The number of halogens is 1. The SMILES string of the molecule is CC(C)(F)CC[C@H](C[C@H](O)C(N)c1ccccc1)C(N)=O. The summed E-state index contributed by atoms with van der Waals surface area (Å²) in [7, 11) is 0. The average molecular weight is 296 g/mol. The fraction of sp³-hybridized carbons (Fsp3) is 0.562. The molecule has 0 aliphatic carbocycles. The van der Waals surface area contributed by atoms with Crippen LogP contribution in [-0.4, -0.2) is 22.8 Å². The summed E-state index contributed by atoms with van der Waals surface area (Å²) in [5.41, 5.74) is 10.8. The Bertz CT molecular complexity index is 445. The number of hydrogen-bond acceptors (Lipinski definition) is 3. The van der Waals surface area contributed by atoms with Crippen LogP contribution in [0.5, 0.6) is 0 Å². The van der Waals surface area contributed by atoms with Crippen molar-refractivity contribution in [2.45, 2.75) is 50.9 Å². The molecule has 0 radical (unpaired) electrons. The molecule has 0 fully saturated rings. The number of aliphatic hydroxyl groups is 1. The summed E-state index contributed by atoms with van der Waals surface area (Å²) in [6.45, 7) is 2.91. The van der Waals surface area contributed by atoms with Gasteiger partial charge in [0.15, 0.2) is 0 Å². The van der Waals surface area contributed by atoms with E-state index in [1.165, 1.54) is 13.8 Å². The largest absolute Gasteiger partial charge is 0.391 e. The quantitative estimate of drug-likeness (QED) is 0.686. The summed E-state index contributed by atoms with van der Waals surface area (Å²) < 4.78 is 13.5. The molecule has 1 rings (SSSR count). The van der Waals surface area contributed by atoms with Gasteiger partial charge in [-0.3, -0.25) is 4.79 Å². The van der Waals surface area contributed by atoms with Gasteiger partial charge in [-0.15, -0.1) is 0 Å². The molecule has 21 heavy (non-hydrogen) atoms. The van der Waals surface area contributed by atoms with E-state index < -0.39 is 29.6 Å². The highest BCUT2D eigenvalue weighted by Gasteiger charge is 2.27. The van der Waals surface area contributed by atoms with Crippen molar-refractivity contribution >= 4 is 5.91 Å². The van der Waals surface area contributed by atoms with E-state index in [9.17, 15) is 14.3 Å². The number of aliphatic hydroxyl groups excluding tert-OH is 1. The van der Waals surface area contributed by atoms with Crippen molar-refractivity contribution in [3.05, 3.63) is 35.9 Å². The molecule has 3 atom stereocenters. The zero-order valence-electron chi connectivity index (χ0n) is 12.6. The lowest BCUT2D eigenvalue weighted by Gasteiger charge is -2.24. The molecule has 0 spiro atoms. The minimum absolute atomic E-state index is 0.140. The highest BCUT2D eigenvalue weighted by atomic mass is 19.1. The Morgan fingerprint density at radius 1 is 1.33 bits per heavy atom. The third-order valence-corrected chi connectivity index (χ3v) is 3.61. The maximum Gasteiger partial charge on any atom is 0.220 e. The van der Waals surface area contributed by atoms with Crippen LogP contribution in [0, 0.1) is 5.92 Å². The van der Waals surface area contributed by atoms with Crippen LogP contribution in [-0.2, 0) is 4.79 Å². The fourth-order valence-corrected chi connectivity index (χ4v) is 2.23. The van der Waals surface area contributed by atoms with Gasteiger partial charge in [0.2, 0.25) is 5.91 Å². The smallest absolute Gasteiger partial charge is 0.220 e. The molecule has 0 saturated heterocycles. The number of alkyl halides is 1. The summed E-state index contributed by atoms with van der Waals surface area (Å²) in [6, 6.07) is 8.57. The predicted octanol–water partition coefficient (Wildman–Crippen LogP) is 2.07. The van der Waals surface area contributed by atoms with E-state index in [1.807, 2.05) is 30.3 Å². The van der Waals surface area contributed by atoms with Gasteiger partial charge in [-0.25, -0.2) is 4.39 Å². The van der Waals surface area contributed by atoms with Crippen LogP contribution < -0.4 is 11.5 Å². The normalized spacial score (nSPS) is 16.2. The molecule has 0 bridgehead atoms. The maximum absolute atomic E-state index is 13.5. The van der Waals surface area contributed by atoms with Crippen LogP contribution in [0.1, 0.15) is 44.7 Å². The third-order valence-electron chi connectivity index (χ3n) is 3.61. The zero-order valence-corrected chi connectivity index (χ0v) is 12.6. The van der Waals surface area contributed by atoms with Crippen LogP contribution in [0.15, 0.2) is 30.3 Å². The molecule has 1 aromatic carbocycles. The van der Waals surface area contributed by atoms with Gasteiger partial charge in [0, 0.05) is 5.92 Å². The first-order valence-corrected chi connectivity index (χ1v) is 7.17. The van der Waals surface area contributed by atoms with Crippen molar-refractivity contribution in [2.75, 3.05) is 0 Å². The topological polar surface area (TPSA) is 89.3 Å². The first-order chi connectivity index (χ1) is 9.70. The molecule has 0 aliphatic rings. The third kappa shape index (κ3) is 6.23. The van der Waals surface area contributed by atoms with Crippen LogP contribution in [0.3, 0.4) is 0 Å². The van der Waals surface area contributed by atoms with E-state index in [0.29, 0.717) is 6.42 Å². The molecule has 1 amide bonds. The Morgan fingerprint density at radius 2 is 1.90 bits per heavy atom. The van der Waals surface area contributed by atoms with Gasteiger partial charge in [-0.1, -0.05) is 30.3 Å². The molecule has 5 heteroatoms. The molecule has 0 saturated carbocycles. The lowest BCUT2D eigenvalue weighted by atomic mass is 9.88. The maximum atomic E-state index is 13.5. The summed E-state index contributed by atoms with van der Waals surface area (Å²) in [6.07, 6.45) is -0.236. The molecule has 0 aromatic heterocycles. The Balaban J connectivity index is 2.64. The van der Waals surface area contributed by atoms with Gasteiger partial charge >= 0.3 is 0 Å². The highest BCUT2D eigenvalue weighted by Crippen LogP contribution is 2.25. The number of hydrogen-bond donors (Lipinski definition) is 3. The minimum Gasteiger partial charge on any atom is -0.391 e. The molecule has 0 heterocycles. The monoisotopic (exact) mass is 296 g/mol. The second-order valence-corrected chi connectivity index (χ2v) is 6.10. The number of nitrogens with two attached hydrogens (primary N) is 2. The zero-order chi connectivity index (χ0) is 16.0. The molecule has 0 aliphatic heterocycles. The van der Waals surface area contributed by atoms with Crippen molar-refractivity contribution in [3.8, 4) is 0 Å². The summed E-state index contributed by atoms with van der Waals surface area (Å²) >= 11 is 0. The minimum atomic E-state index is -1.36. The highest BCUT2D eigenvalue weighted by molar-refractivity contribution is 5.76. The lowest BCUT2D eigenvalue weighted by molar-refractivity contribution is -0.123. The number of benzene rings is 1. The second kappa shape index (κ2) is 7.52. The Morgan fingerprint density at radius 3 is 2.38 bits per heavy atom. The molecular weight excluding hydrogens is 271 g/mol. The van der Waals surface area contributed by atoms with Gasteiger partial charge in [0.25, 0.3) is 0 Å².